The van der Waals surface area contributed by atoms with Crippen molar-refractivity contribution in [3.05, 3.63) is 0 Å². The Hall–Kier alpha value is -0.320. The zero-order chi connectivity index (χ0) is 20.0. The number of hydrogen-bond acceptors (Lipinski definition) is 4. The smallest absolute Gasteiger partial charge is 0.324 e. The molecule has 0 amide bonds. The summed E-state index contributed by atoms with van der Waals surface area (Å²) in [6, 6.07) is -0.412. The Morgan fingerprint density at radius 1 is 0.815 bits per heavy atom. The molecule has 27 heavy (non-hydrogen) atoms. The normalized spacial score (nSPS) is 12.3. The number of unbranched alkanes of at least 4 members (excludes halogenated alkanes) is 14. The van der Waals surface area contributed by atoms with Gasteiger partial charge in [-0.1, -0.05) is 90.4 Å². The molecule has 1 atom stereocenters. The van der Waals surface area contributed by atoms with Gasteiger partial charge >= 0.3 is 5.97 Å². The van der Waals surface area contributed by atoms with Gasteiger partial charge in [-0.05, 0) is 44.0 Å². The first-order valence-corrected chi connectivity index (χ1v) is 11.9. The average molecular weight is 405 g/mol. The van der Waals surface area contributed by atoms with Gasteiger partial charge in [0.05, 0.1) is 6.61 Å². The highest BCUT2D eigenvalue weighted by atomic mass is 35.5. The lowest BCUT2D eigenvalue weighted by atomic mass is 10.0. The Balaban J connectivity index is 3.31. The molecule has 0 bridgehead atoms. The van der Waals surface area contributed by atoms with Gasteiger partial charge in [0.1, 0.15) is 6.04 Å². The third kappa shape index (κ3) is 18.8. The van der Waals surface area contributed by atoms with Gasteiger partial charge in [-0.2, -0.15) is 0 Å². The second kappa shape index (κ2) is 22.0. The molecule has 0 aromatic rings. The number of rotatable bonds is 21. The van der Waals surface area contributed by atoms with Crippen molar-refractivity contribution in [2.45, 2.75) is 122 Å². The molecular formula is C22H45ClN2O2. The number of nitrogens with one attached hydrogen (secondary N) is 1. The van der Waals surface area contributed by atoms with Gasteiger partial charge in [0, 0.05) is 0 Å². The van der Waals surface area contributed by atoms with Crippen LogP contribution in [0, 0.1) is 0 Å². The van der Waals surface area contributed by atoms with Gasteiger partial charge in [0.2, 0.25) is 0 Å². The Kier molecular flexibility index (Phi) is 21.7. The molecule has 3 N–H and O–H groups in total. The van der Waals surface area contributed by atoms with Crippen LogP contribution in [0.1, 0.15) is 116 Å². The molecule has 0 fully saturated rings. The Morgan fingerprint density at radius 2 is 1.30 bits per heavy atom. The molecule has 0 saturated heterocycles. The third-order valence-corrected chi connectivity index (χ3v) is 5.37. The minimum absolute atomic E-state index is 0.239. The van der Waals surface area contributed by atoms with Crippen LogP contribution >= 0.6 is 11.8 Å². The second-order valence-corrected chi connectivity index (χ2v) is 7.93. The highest BCUT2D eigenvalue weighted by molar-refractivity contribution is 6.14. The third-order valence-electron chi connectivity index (χ3n) is 5.11. The molecule has 4 nitrogen and oxygen atoms in total. The number of ether oxygens (including phenoxy) is 1. The van der Waals surface area contributed by atoms with Crippen LogP contribution in [0.4, 0.5) is 0 Å². The Labute approximate surface area is 173 Å². The number of carbonyl (C=O) groups is 1. The summed E-state index contributed by atoms with van der Waals surface area (Å²) < 4.78 is 5.32. The molecule has 0 aliphatic rings. The van der Waals surface area contributed by atoms with Crippen LogP contribution in [0.3, 0.4) is 0 Å². The fourth-order valence-electron chi connectivity index (χ4n) is 3.28. The van der Waals surface area contributed by atoms with E-state index in [1.807, 2.05) is 0 Å². The van der Waals surface area contributed by atoms with Crippen molar-refractivity contribution in [2.24, 2.45) is 5.73 Å². The summed E-state index contributed by atoms with van der Waals surface area (Å²) in [5, 5.41) is 0. The molecule has 0 aliphatic heterocycles. The van der Waals surface area contributed by atoms with Crippen LogP contribution in [-0.4, -0.2) is 25.2 Å². The van der Waals surface area contributed by atoms with E-state index in [9.17, 15) is 4.79 Å². The van der Waals surface area contributed by atoms with Gasteiger partial charge in [-0.15, -0.1) is 0 Å². The van der Waals surface area contributed by atoms with E-state index >= 15 is 0 Å². The molecular weight excluding hydrogens is 360 g/mol. The van der Waals surface area contributed by atoms with Crippen molar-refractivity contribution in [2.75, 3.05) is 13.2 Å². The van der Waals surface area contributed by atoms with E-state index in [2.05, 4.69) is 11.8 Å². The van der Waals surface area contributed by atoms with Crippen LogP contribution in [0.15, 0.2) is 0 Å². The first-order chi connectivity index (χ1) is 13.3. The lowest BCUT2D eigenvalue weighted by molar-refractivity contribution is -0.146. The molecule has 0 aliphatic carbocycles. The topological polar surface area (TPSA) is 64.3 Å². The summed E-state index contributed by atoms with van der Waals surface area (Å²) >= 11 is 5.63. The quantitative estimate of drug-likeness (QED) is 0.135. The number of nitrogens with two attached hydrogens (primary N) is 1. The maximum absolute atomic E-state index is 11.9. The Bertz CT molecular complexity index is 317. The van der Waals surface area contributed by atoms with Crippen LogP contribution in [0.25, 0.3) is 0 Å². The lowest BCUT2D eigenvalue weighted by Crippen LogP contribution is -2.33. The summed E-state index contributed by atoms with van der Waals surface area (Å²) in [7, 11) is 0. The molecule has 0 aromatic heterocycles. The van der Waals surface area contributed by atoms with Gasteiger partial charge in [0.15, 0.2) is 0 Å². The molecule has 162 valence electrons. The van der Waals surface area contributed by atoms with Crippen LogP contribution in [0.2, 0.25) is 0 Å². The van der Waals surface area contributed by atoms with E-state index < -0.39 is 6.04 Å². The standard InChI is InChI=1S/C22H45ClN2O2/c1-2-3-4-5-6-7-8-9-10-11-12-13-14-17-20-27-22(26)21(25-23)18-15-16-19-24/h21,25H,2-20,24H2,1H3. The highest BCUT2D eigenvalue weighted by Gasteiger charge is 2.17. The van der Waals surface area contributed by atoms with Crippen molar-refractivity contribution in [1.82, 2.24) is 4.84 Å². The van der Waals surface area contributed by atoms with Crippen LogP contribution < -0.4 is 10.6 Å². The molecule has 0 saturated carbocycles. The largest absolute Gasteiger partial charge is 0.464 e. The maximum atomic E-state index is 11.9. The van der Waals surface area contributed by atoms with Crippen LogP contribution in [-0.2, 0) is 9.53 Å². The summed E-state index contributed by atoms with van der Waals surface area (Å²) in [6.45, 7) is 3.42. The lowest BCUT2D eigenvalue weighted by Gasteiger charge is -2.13. The second-order valence-electron chi connectivity index (χ2n) is 7.71. The molecule has 1 unspecified atom stereocenters. The molecule has 0 radical (unpaired) electrons. The summed E-state index contributed by atoms with van der Waals surface area (Å²) in [4.78, 5) is 14.4. The Morgan fingerprint density at radius 3 is 1.74 bits per heavy atom. The fraction of sp³-hybridized carbons (Fsp3) is 0.955. The molecule has 0 heterocycles. The molecule has 5 heteroatoms. The predicted octanol–water partition coefficient (Wildman–Crippen LogP) is 6.25. The number of halogens is 1. The van der Waals surface area contributed by atoms with Crippen molar-refractivity contribution >= 4 is 17.7 Å². The van der Waals surface area contributed by atoms with E-state index in [1.165, 1.54) is 77.0 Å². The van der Waals surface area contributed by atoms with Gasteiger partial charge in [-0.3, -0.25) is 4.79 Å². The minimum atomic E-state index is -0.412. The zero-order valence-corrected chi connectivity index (χ0v) is 18.5. The molecule has 0 rings (SSSR count). The zero-order valence-electron chi connectivity index (χ0n) is 17.8. The van der Waals surface area contributed by atoms with Crippen molar-refractivity contribution < 1.29 is 9.53 Å². The first-order valence-electron chi connectivity index (χ1n) is 11.5. The monoisotopic (exact) mass is 404 g/mol. The summed E-state index contributed by atoms with van der Waals surface area (Å²) in [6.07, 6.45) is 21.0. The number of hydrogen-bond donors (Lipinski definition) is 2. The van der Waals surface area contributed by atoms with Crippen molar-refractivity contribution in [3.63, 3.8) is 0 Å². The van der Waals surface area contributed by atoms with E-state index in [0.29, 0.717) is 19.6 Å². The van der Waals surface area contributed by atoms with Crippen molar-refractivity contribution in [3.8, 4) is 0 Å². The highest BCUT2D eigenvalue weighted by Crippen LogP contribution is 2.13. The minimum Gasteiger partial charge on any atom is -0.464 e. The van der Waals surface area contributed by atoms with Crippen molar-refractivity contribution in [1.29, 1.82) is 0 Å². The molecule has 0 aromatic carbocycles. The molecule has 0 spiro atoms. The van der Waals surface area contributed by atoms with Gasteiger partial charge < -0.3 is 10.5 Å². The van der Waals surface area contributed by atoms with Gasteiger partial charge in [-0.25, -0.2) is 4.84 Å². The average Bonchev–Trinajstić information content (AvgIpc) is 2.68. The number of esters is 1. The summed E-state index contributed by atoms with van der Waals surface area (Å²) in [5.74, 6) is -0.239. The number of carbonyl (C=O) groups excluding carboxylic acids is 1. The predicted molar refractivity (Wildman–Crippen MR) is 117 cm³/mol. The van der Waals surface area contributed by atoms with Crippen LogP contribution in [0.5, 0.6) is 0 Å². The fourth-order valence-corrected chi connectivity index (χ4v) is 3.48. The van der Waals surface area contributed by atoms with Gasteiger partial charge in [0.25, 0.3) is 0 Å². The summed E-state index contributed by atoms with van der Waals surface area (Å²) in [5.41, 5.74) is 5.46. The SMILES string of the molecule is CCCCCCCCCCCCCCCCOC(=O)C(CCCCN)NCl. The van der Waals surface area contributed by atoms with E-state index in [-0.39, 0.29) is 5.97 Å². The van der Waals surface area contributed by atoms with E-state index in [4.69, 9.17) is 22.2 Å². The van der Waals surface area contributed by atoms with E-state index in [0.717, 1.165) is 25.7 Å². The first kappa shape index (κ1) is 26.7. The maximum Gasteiger partial charge on any atom is 0.324 e. The van der Waals surface area contributed by atoms with E-state index in [1.54, 1.807) is 0 Å².